The van der Waals surface area contributed by atoms with Crippen molar-refractivity contribution < 1.29 is 14.0 Å². The lowest BCUT2D eigenvalue weighted by molar-refractivity contribution is -0.134. The normalized spacial score (nSPS) is 24.9. The van der Waals surface area contributed by atoms with E-state index < -0.39 is 0 Å². The molecule has 1 saturated heterocycles. The second-order valence-electron chi connectivity index (χ2n) is 5.02. The highest BCUT2D eigenvalue weighted by Crippen LogP contribution is 2.34. The molecule has 2 heterocycles. The summed E-state index contributed by atoms with van der Waals surface area (Å²) in [6.07, 6.45) is 5.69. The van der Waals surface area contributed by atoms with Crippen LogP contribution < -0.4 is 5.32 Å². The van der Waals surface area contributed by atoms with E-state index >= 15 is 0 Å². The van der Waals surface area contributed by atoms with Crippen LogP contribution in [0.15, 0.2) is 23.0 Å². The first-order chi connectivity index (χ1) is 8.74. The Hall–Kier alpha value is -1.78. The van der Waals surface area contributed by atoms with Crippen LogP contribution in [-0.4, -0.2) is 29.3 Å². The summed E-state index contributed by atoms with van der Waals surface area (Å²) in [5, 5.41) is 2.85. The van der Waals surface area contributed by atoms with E-state index in [1.165, 1.54) is 0 Å². The first-order valence-corrected chi connectivity index (χ1v) is 6.33. The summed E-state index contributed by atoms with van der Waals surface area (Å²) in [4.78, 5) is 25.7. The van der Waals surface area contributed by atoms with Crippen molar-refractivity contribution in [3.8, 4) is 0 Å². The first-order valence-electron chi connectivity index (χ1n) is 6.33. The van der Waals surface area contributed by atoms with E-state index in [0.29, 0.717) is 25.4 Å². The highest BCUT2D eigenvalue weighted by molar-refractivity contribution is 5.90. The molecule has 3 rings (SSSR count). The van der Waals surface area contributed by atoms with Crippen LogP contribution >= 0.6 is 0 Å². The molecule has 1 aromatic rings. The second kappa shape index (κ2) is 4.48. The maximum Gasteiger partial charge on any atom is 0.245 e. The van der Waals surface area contributed by atoms with Gasteiger partial charge in [-0.25, -0.2) is 0 Å². The van der Waals surface area contributed by atoms with Crippen LogP contribution in [0.1, 0.15) is 24.8 Å². The lowest BCUT2D eigenvalue weighted by atomic mass is 10.1. The molecule has 2 aliphatic rings. The SMILES string of the molecule is O=C1CCN(Cc2ccoc2)C(=O)C(C2CC2)N1. The molecule has 1 aliphatic carbocycles. The average molecular weight is 248 g/mol. The smallest absolute Gasteiger partial charge is 0.245 e. The van der Waals surface area contributed by atoms with Crippen molar-refractivity contribution in [3.63, 3.8) is 0 Å². The zero-order valence-electron chi connectivity index (χ0n) is 10.1. The number of nitrogens with one attached hydrogen (secondary N) is 1. The van der Waals surface area contributed by atoms with Gasteiger partial charge >= 0.3 is 0 Å². The van der Waals surface area contributed by atoms with Crippen LogP contribution in [0.5, 0.6) is 0 Å². The molecule has 5 nitrogen and oxygen atoms in total. The van der Waals surface area contributed by atoms with Crippen molar-refractivity contribution in [2.24, 2.45) is 5.92 Å². The van der Waals surface area contributed by atoms with E-state index in [2.05, 4.69) is 5.32 Å². The third-order valence-corrected chi connectivity index (χ3v) is 3.55. The summed E-state index contributed by atoms with van der Waals surface area (Å²) in [6.45, 7) is 1.01. The van der Waals surface area contributed by atoms with Gasteiger partial charge in [-0.05, 0) is 24.8 Å². The van der Waals surface area contributed by atoms with Crippen LogP contribution in [0.3, 0.4) is 0 Å². The largest absolute Gasteiger partial charge is 0.472 e. The van der Waals surface area contributed by atoms with Crippen LogP contribution in [0.25, 0.3) is 0 Å². The molecule has 1 N–H and O–H groups in total. The molecular formula is C13H16N2O3. The quantitative estimate of drug-likeness (QED) is 0.864. The van der Waals surface area contributed by atoms with Gasteiger partial charge in [0.2, 0.25) is 11.8 Å². The summed E-state index contributed by atoms with van der Waals surface area (Å²) in [5.41, 5.74) is 0.965. The maximum absolute atomic E-state index is 12.4. The molecule has 18 heavy (non-hydrogen) atoms. The monoisotopic (exact) mass is 248 g/mol. The van der Waals surface area contributed by atoms with Crippen LogP contribution in [0.2, 0.25) is 0 Å². The third kappa shape index (κ3) is 2.25. The number of rotatable bonds is 3. The number of furan rings is 1. The fraction of sp³-hybridized carbons (Fsp3) is 0.538. The molecule has 0 bridgehead atoms. The Labute approximate surface area is 105 Å². The number of hydrogen-bond donors (Lipinski definition) is 1. The summed E-state index contributed by atoms with van der Waals surface area (Å²) in [5.74, 6) is 0.367. The molecule has 1 saturated carbocycles. The zero-order valence-corrected chi connectivity index (χ0v) is 10.1. The Morgan fingerprint density at radius 3 is 2.89 bits per heavy atom. The van der Waals surface area contributed by atoms with Gasteiger partial charge in [-0.1, -0.05) is 0 Å². The zero-order chi connectivity index (χ0) is 12.5. The van der Waals surface area contributed by atoms with E-state index in [9.17, 15) is 9.59 Å². The molecule has 0 spiro atoms. The molecule has 1 unspecified atom stereocenters. The van der Waals surface area contributed by atoms with Crippen molar-refractivity contribution in [2.45, 2.75) is 31.8 Å². The standard InChI is InChI=1S/C13H16N2O3/c16-11-3-5-15(7-9-4-6-18-8-9)13(17)12(14-11)10-1-2-10/h4,6,8,10,12H,1-3,5,7H2,(H,14,16). The minimum absolute atomic E-state index is 0.0186. The van der Waals surface area contributed by atoms with Gasteiger partial charge in [0.15, 0.2) is 0 Å². The van der Waals surface area contributed by atoms with Gasteiger partial charge in [0.25, 0.3) is 0 Å². The summed E-state index contributed by atoms with van der Waals surface area (Å²) in [7, 11) is 0. The Morgan fingerprint density at radius 2 is 2.22 bits per heavy atom. The van der Waals surface area contributed by atoms with E-state index in [1.807, 2.05) is 6.07 Å². The van der Waals surface area contributed by atoms with E-state index in [4.69, 9.17) is 4.42 Å². The second-order valence-corrected chi connectivity index (χ2v) is 5.02. The molecule has 1 aliphatic heterocycles. The van der Waals surface area contributed by atoms with Crippen molar-refractivity contribution in [2.75, 3.05) is 6.54 Å². The highest BCUT2D eigenvalue weighted by Gasteiger charge is 2.40. The van der Waals surface area contributed by atoms with Gasteiger partial charge in [0, 0.05) is 25.1 Å². The van der Waals surface area contributed by atoms with Crippen LogP contribution in [0, 0.1) is 5.92 Å². The molecule has 1 atom stereocenters. The molecule has 5 heteroatoms. The lowest BCUT2D eigenvalue weighted by Crippen LogP contribution is -2.45. The third-order valence-electron chi connectivity index (χ3n) is 3.55. The molecule has 1 aromatic heterocycles. The van der Waals surface area contributed by atoms with E-state index in [1.54, 1.807) is 17.4 Å². The molecule has 0 radical (unpaired) electrons. The predicted molar refractivity (Wildman–Crippen MR) is 63.4 cm³/mol. The maximum atomic E-state index is 12.4. The molecular weight excluding hydrogens is 232 g/mol. The van der Waals surface area contributed by atoms with E-state index in [0.717, 1.165) is 18.4 Å². The fourth-order valence-electron chi connectivity index (χ4n) is 2.36. The summed E-state index contributed by atoms with van der Waals surface area (Å²) in [6, 6.07) is 1.53. The van der Waals surface area contributed by atoms with Gasteiger partial charge in [-0.3, -0.25) is 9.59 Å². The van der Waals surface area contributed by atoms with Gasteiger partial charge < -0.3 is 14.6 Å². The van der Waals surface area contributed by atoms with Crippen molar-refractivity contribution in [3.05, 3.63) is 24.2 Å². The van der Waals surface area contributed by atoms with Crippen LogP contribution in [0.4, 0.5) is 0 Å². The predicted octanol–water partition coefficient (Wildman–Crippen LogP) is 0.907. The first kappa shape index (κ1) is 11.3. The molecule has 0 aromatic carbocycles. The fourth-order valence-corrected chi connectivity index (χ4v) is 2.36. The Balaban J connectivity index is 1.75. The highest BCUT2D eigenvalue weighted by atomic mass is 16.3. The Morgan fingerprint density at radius 1 is 1.39 bits per heavy atom. The Kier molecular flexibility index (Phi) is 2.81. The molecule has 2 fully saturated rings. The minimum atomic E-state index is -0.313. The number of hydrogen-bond acceptors (Lipinski definition) is 3. The number of carbonyl (C=O) groups excluding carboxylic acids is 2. The van der Waals surface area contributed by atoms with Crippen molar-refractivity contribution in [1.82, 2.24) is 10.2 Å². The summed E-state index contributed by atoms with van der Waals surface area (Å²) < 4.78 is 5.01. The molecule has 96 valence electrons. The summed E-state index contributed by atoms with van der Waals surface area (Å²) >= 11 is 0. The van der Waals surface area contributed by atoms with Gasteiger partial charge in [-0.15, -0.1) is 0 Å². The molecule has 2 amide bonds. The van der Waals surface area contributed by atoms with Gasteiger partial charge in [0.05, 0.1) is 12.5 Å². The Bertz CT molecular complexity index is 451. The van der Waals surface area contributed by atoms with Gasteiger partial charge in [-0.2, -0.15) is 0 Å². The van der Waals surface area contributed by atoms with Crippen molar-refractivity contribution >= 4 is 11.8 Å². The lowest BCUT2D eigenvalue weighted by Gasteiger charge is -2.23. The number of carbonyl (C=O) groups is 2. The van der Waals surface area contributed by atoms with Gasteiger partial charge in [0.1, 0.15) is 6.04 Å². The van der Waals surface area contributed by atoms with E-state index in [-0.39, 0.29) is 17.9 Å². The van der Waals surface area contributed by atoms with Crippen molar-refractivity contribution in [1.29, 1.82) is 0 Å². The van der Waals surface area contributed by atoms with Crippen LogP contribution in [-0.2, 0) is 16.1 Å². The minimum Gasteiger partial charge on any atom is -0.472 e. The number of nitrogens with zero attached hydrogens (tertiary/aromatic N) is 1. The number of amides is 2. The topological polar surface area (TPSA) is 62.6 Å². The average Bonchev–Trinajstić information content (AvgIpc) is 3.09.